The predicted octanol–water partition coefficient (Wildman–Crippen LogP) is 5.00. The Bertz CT molecular complexity index is 1110. The molecule has 5 nitrogen and oxygen atoms in total. The second kappa shape index (κ2) is 7.79. The van der Waals surface area contributed by atoms with Crippen LogP contribution in [0.2, 0.25) is 0 Å². The molecule has 0 atom stereocenters. The van der Waals surface area contributed by atoms with Crippen molar-refractivity contribution in [1.82, 2.24) is 9.88 Å². The SMILES string of the molecule is C=C(c1cc(C(C)C)c(O)cc1O)N(C(=S)NC)c1ccc2c(c1)c(C)cn2C. The van der Waals surface area contributed by atoms with E-state index in [9.17, 15) is 10.2 Å². The van der Waals surface area contributed by atoms with Crippen LogP contribution in [0.3, 0.4) is 0 Å². The highest BCUT2D eigenvalue weighted by Crippen LogP contribution is 2.38. The van der Waals surface area contributed by atoms with Crippen LogP contribution in [-0.4, -0.2) is 26.9 Å². The maximum atomic E-state index is 10.5. The van der Waals surface area contributed by atoms with Crippen molar-refractivity contribution >= 4 is 39.6 Å². The smallest absolute Gasteiger partial charge is 0.177 e. The molecule has 0 fully saturated rings. The van der Waals surface area contributed by atoms with Gasteiger partial charge in [-0.2, -0.15) is 0 Å². The summed E-state index contributed by atoms with van der Waals surface area (Å²) >= 11 is 5.57. The van der Waals surface area contributed by atoms with Gasteiger partial charge in [0.1, 0.15) is 11.5 Å². The number of hydrogen-bond acceptors (Lipinski definition) is 3. The second-order valence-corrected chi connectivity index (χ2v) is 7.93. The van der Waals surface area contributed by atoms with Gasteiger partial charge in [-0.25, -0.2) is 0 Å². The zero-order valence-corrected chi connectivity index (χ0v) is 18.3. The summed E-state index contributed by atoms with van der Waals surface area (Å²) in [5, 5.41) is 25.3. The van der Waals surface area contributed by atoms with Crippen LogP contribution in [0, 0.1) is 6.92 Å². The van der Waals surface area contributed by atoms with E-state index in [1.165, 1.54) is 11.6 Å². The fourth-order valence-electron chi connectivity index (χ4n) is 3.63. The highest BCUT2D eigenvalue weighted by molar-refractivity contribution is 7.80. The lowest BCUT2D eigenvalue weighted by atomic mass is 9.97. The Morgan fingerprint density at radius 1 is 1.17 bits per heavy atom. The highest BCUT2D eigenvalue weighted by atomic mass is 32.1. The molecule has 3 N–H and O–H groups in total. The molecular formula is C23H27N3O2S. The number of aromatic nitrogens is 1. The average Bonchev–Trinajstić information content (AvgIpc) is 2.95. The highest BCUT2D eigenvalue weighted by Gasteiger charge is 2.22. The summed E-state index contributed by atoms with van der Waals surface area (Å²) in [4.78, 5) is 1.80. The van der Waals surface area contributed by atoms with Crippen molar-refractivity contribution in [3.8, 4) is 11.5 Å². The van der Waals surface area contributed by atoms with E-state index in [2.05, 4.69) is 35.6 Å². The third-order valence-electron chi connectivity index (χ3n) is 5.20. The number of nitrogens with one attached hydrogen (secondary N) is 1. The van der Waals surface area contributed by atoms with E-state index in [1.807, 2.05) is 33.0 Å². The topological polar surface area (TPSA) is 60.7 Å². The first-order valence-corrected chi connectivity index (χ1v) is 9.89. The van der Waals surface area contributed by atoms with E-state index in [0.29, 0.717) is 16.4 Å². The van der Waals surface area contributed by atoms with E-state index >= 15 is 0 Å². The van der Waals surface area contributed by atoms with Gasteiger partial charge < -0.3 is 20.1 Å². The maximum absolute atomic E-state index is 10.5. The fourth-order valence-corrected chi connectivity index (χ4v) is 3.85. The minimum Gasteiger partial charge on any atom is -0.508 e. The van der Waals surface area contributed by atoms with E-state index in [1.54, 1.807) is 18.0 Å². The molecule has 0 amide bonds. The number of phenolic OH excluding ortho intramolecular Hbond substituents is 2. The van der Waals surface area contributed by atoms with Crippen LogP contribution in [0.5, 0.6) is 11.5 Å². The number of aryl methyl sites for hydroxylation is 2. The molecule has 3 rings (SSSR count). The summed E-state index contributed by atoms with van der Waals surface area (Å²) in [6.07, 6.45) is 2.09. The second-order valence-electron chi connectivity index (χ2n) is 7.54. The van der Waals surface area contributed by atoms with Gasteiger partial charge in [-0.15, -0.1) is 0 Å². The van der Waals surface area contributed by atoms with Gasteiger partial charge >= 0.3 is 0 Å². The third-order valence-corrected chi connectivity index (χ3v) is 5.58. The number of nitrogens with zero attached hydrogens (tertiary/aromatic N) is 2. The Balaban J connectivity index is 2.16. The molecule has 0 saturated heterocycles. The summed E-state index contributed by atoms with van der Waals surface area (Å²) in [7, 11) is 3.77. The van der Waals surface area contributed by atoms with Crippen LogP contribution in [0.15, 0.2) is 43.1 Å². The van der Waals surface area contributed by atoms with Crippen LogP contribution >= 0.6 is 12.2 Å². The van der Waals surface area contributed by atoms with Crippen LogP contribution in [0.1, 0.15) is 36.5 Å². The average molecular weight is 410 g/mol. The molecule has 2 aromatic carbocycles. The molecule has 0 aliphatic carbocycles. The zero-order valence-electron chi connectivity index (χ0n) is 17.4. The number of anilines is 1. The van der Waals surface area contributed by atoms with Crippen LogP contribution < -0.4 is 10.2 Å². The van der Waals surface area contributed by atoms with Gasteiger partial charge in [-0.05, 0) is 60.5 Å². The molecule has 3 aromatic rings. The van der Waals surface area contributed by atoms with Crippen molar-refractivity contribution in [3.63, 3.8) is 0 Å². The standard InChI is InChI=1S/C23H27N3O2S/c1-13(2)17-10-19(22(28)11-21(17)27)15(4)26(23(29)24-5)16-7-8-20-18(9-16)14(3)12-25(20)6/h7-13,27-28H,4H2,1-3,5-6H3,(H,24,29). The van der Waals surface area contributed by atoms with Gasteiger partial charge in [0.25, 0.3) is 0 Å². The molecule has 0 unspecified atom stereocenters. The molecule has 0 aliphatic rings. The number of hydrogen-bond donors (Lipinski definition) is 3. The minimum absolute atomic E-state index is 0.0437. The third kappa shape index (κ3) is 3.68. The number of fused-ring (bicyclic) bond motifs is 1. The number of thiocarbonyl (C=S) groups is 1. The van der Waals surface area contributed by atoms with Gasteiger partial charge in [-0.1, -0.05) is 20.4 Å². The lowest BCUT2D eigenvalue weighted by Gasteiger charge is -2.28. The molecule has 6 heteroatoms. The number of aromatic hydroxyl groups is 2. The van der Waals surface area contributed by atoms with Crippen molar-refractivity contribution in [1.29, 1.82) is 0 Å². The molecule has 0 saturated carbocycles. The predicted molar refractivity (Wildman–Crippen MR) is 125 cm³/mol. The first kappa shape index (κ1) is 20.7. The minimum atomic E-state index is -0.0437. The van der Waals surface area contributed by atoms with Gasteiger partial charge in [0.05, 0.1) is 5.70 Å². The normalized spacial score (nSPS) is 11.1. The molecule has 152 valence electrons. The van der Waals surface area contributed by atoms with E-state index < -0.39 is 0 Å². The summed E-state index contributed by atoms with van der Waals surface area (Å²) in [6.45, 7) is 10.3. The molecule has 0 aliphatic heterocycles. The van der Waals surface area contributed by atoms with Gasteiger partial charge in [0, 0.05) is 48.5 Å². The lowest BCUT2D eigenvalue weighted by molar-refractivity contribution is 0.443. The van der Waals surface area contributed by atoms with Crippen molar-refractivity contribution in [2.24, 2.45) is 7.05 Å². The molecular weight excluding hydrogens is 382 g/mol. The molecule has 0 radical (unpaired) electrons. The Labute approximate surface area is 176 Å². The van der Waals surface area contributed by atoms with Crippen LogP contribution in [0.25, 0.3) is 16.6 Å². The fraction of sp³-hybridized carbons (Fsp3) is 0.261. The largest absolute Gasteiger partial charge is 0.508 e. The number of benzene rings is 2. The van der Waals surface area contributed by atoms with Crippen molar-refractivity contribution < 1.29 is 10.2 Å². The van der Waals surface area contributed by atoms with E-state index in [0.717, 1.165) is 22.2 Å². The summed E-state index contributed by atoms with van der Waals surface area (Å²) in [5.41, 5.74) is 4.92. The van der Waals surface area contributed by atoms with Crippen LogP contribution in [-0.2, 0) is 7.05 Å². The molecule has 0 spiro atoms. The van der Waals surface area contributed by atoms with Gasteiger partial charge in [0.15, 0.2) is 5.11 Å². The summed E-state index contributed by atoms with van der Waals surface area (Å²) < 4.78 is 2.09. The number of phenols is 2. The van der Waals surface area contributed by atoms with Crippen LogP contribution in [0.4, 0.5) is 5.69 Å². The quantitative estimate of drug-likeness (QED) is 0.529. The first-order valence-electron chi connectivity index (χ1n) is 9.48. The first-order chi connectivity index (χ1) is 13.6. The summed E-state index contributed by atoms with van der Waals surface area (Å²) in [5.74, 6) is 0.117. The summed E-state index contributed by atoms with van der Waals surface area (Å²) in [6, 6.07) is 9.24. The van der Waals surface area contributed by atoms with Crippen molar-refractivity contribution in [3.05, 3.63) is 59.8 Å². The molecule has 1 heterocycles. The Hall–Kier alpha value is -2.99. The lowest BCUT2D eigenvalue weighted by Crippen LogP contribution is -2.36. The Morgan fingerprint density at radius 3 is 2.48 bits per heavy atom. The maximum Gasteiger partial charge on any atom is 0.177 e. The van der Waals surface area contributed by atoms with E-state index in [-0.39, 0.29) is 17.4 Å². The van der Waals surface area contributed by atoms with Crippen molar-refractivity contribution in [2.75, 3.05) is 11.9 Å². The Morgan fingerprint density at radius 2 is 1.86 bits per heavy atom. The molecule has 1 aromatic heterocycles. The number of rotatable bonds is 4. The zero-order chi connectivity index (χ0) is 21.5. The molecule has 29 heavy (non-hydrogen) atoms. The van der Waals surface area contributed by atoms with Gasteiger partial charge in [0.2, 0.25) is 0 Å². The Kier molecular flexibility index (Phi) is 5.57. The van der Waals surface area contributed by atoms with E-state index in [4.69, 9.17) is 12.2 Å². The van der Waals surface area contributed by atoms with Gasteiger partial charge in [-0.3, -0.25) is 4.90 Å². The monoisotopic (exact) mass is 409 g/mol. The molecule has 0 bridgehead atoms. The van der Waals surface area contributed by atoms with Crippen molar-refractivity contribution in [2.45, 2.75) is 26.7 Å².